The molecule has 1 aromatic heterocycles. The quantitative estimate of drug-likeness (QED) is 0.508. The first-order chi connectivity index (χ1) is 13.3. The lowest BCUT2D eigenvalue weighted by molar-refractivity contribution is 0.414. The molecule has 0 spiro atoms. The molecule has 0 saturated heterocycles. The van der Waals surface area contributed by atoms with E-state index in [2.05, 4.69) is 58.8 Å². The van der Waals surface area contributed by atoms with Crippen LogP contribution in [0.1, 0.15) is 16.8 Å². The Morgan fingerprint density at radius 2 is 1.44 bits per heavy atom. The van der Waals surface area contributed by atoms with Crippen LogP contribution in [0.2, 0.25) is 0 Å². The van der Waals surface area contributed by atoms with Gasteiger partial charge in [-0.2, -0.15) is 0 Å². The summed E-state index contributed by atoms with van der Waals surface area (Å²) >= 11 is 0. The fourth-order valence-corrected chi connectivity index (χ4v) is 3.15. The molecule has 4 aromatic rings. The van der Waals surface area contributed by atoms with Gasteiger partial charge < -0.3 is 4.74 Å². The van der Waals surface area contributed by atoms with Gasteiger partial charge in [-0.3, -0.25) is 0 Å². The molecule has 4 nitrogen and oxygen atoms in total. The van der Waals surface area contributed by atoms with Crippen LogP contribution >= 0.6 is 0 Å². The highest BCUT2D eigenvalue weighted by molar-refractivity contribution is 5.61. The van der Waals surface area contributed by atoms with Gasteiger partial charge in [-0.05, 0) is 23.3 Å². The molecular weight excluding hydrogens is 334 g/mol. The highest BCUT2D eigenvalue weighted by Crippen LogP contribution is 2.24. The summed E-state index contributed by atoms with van der Waals surface area (Å²) in [6, 6.07) is 28.8. The van der Waals surface area contributed by atoms with E-state index in [9.17, 15) is 0 Å². The molecule has 27 heavy (non-hydrogen) atoms. The SMILES string of the molecule is COc1ccc(Cn2nnc(-c3ccccc3)c2Cc2ccccc2)cc1. The average Bonchev–Trinajstić information content (AvgIpc) is 3.12. The Hall–Kier alpha value is -3.40. The lowest BCUT2D eigenvalue weighted by atomic mass is 10.0. The van der Waals surface area contributed by atoms with Crippen LogP contribution in [-0.4, -0.2) is 22.1 Å². The molecule has 0 saturated carbocycles. The maximum atomic E-state index is 5.25. The highest BCUT2D eigenvalue weighted by atomic mass is 16.5. The predicted octanol–water partition coefficient (Wildman–Crippen LogP) is 4.59. The van der Waals surface area contributed by atoms with Crippen molar-refractivity contribution in [2.45, 2.75) is 13.0 Å². The van der Waals surface area contributed by atoms with Crippen LogP contribution in [0.3, 0.4) is 0 Å². The fraction of sp³-hybridized carbons (Fsp3) is 0.130. The Labute approximate surface area is 159 Å². The Bertz CT molecular complexity index is 993. The van der Waals surface area contributed by atoms with Crippen molar-refractivity contribution in [2.75, 3.05) is 7.11 Å². The first-order valence-corrected chi connectivity index (χ1v) is 8.98. The second kappa shape index (κ2) is 7.87. The second-order valence-corrected chi connectivity index (χ2v) is 6.42. The van der Waals surface area contributed by atoms with Crippen LogP contribution in [-0.2, 0) is 13.0 Å². The van der Waals surface area contributed by atoms with Crippen LogP contribution in [0.5, 0.6) is 5.75 Å². The van der Waals surface area contributed by atoms with Gasteiger partial charge in [0, 0.05) is 12.0 Å². The number of ether oxygens (including phenoxy) is 1. The largest absolute Gasteiger partial charge is 0.497 e. The van der Waals surface area contributed by atoms with E-state index in [1.54, 1.807) is 7.11 Å². The third kappa shape index (κ3) is 3.90. The van der Waals surface area contributed by atoms with Gasteiger partial charge in [-0.15, -0.1) is 5.10 Å². The van der Waals surface area contributed by atoms with Crippen molar-refractivity contribution in [3.05, 3.63) is 102 Å². The maximum Gasteiger partial charge on any atom is 0.118 e. The Morgan fingerprint density at radius 1 is 0.778 bits per heavy atom. The fourth-order valence-electron chi connectivity index (χ4n) is 3.15. The molecule has 0 bridgehead atoms. The first kappa shape index (κ1) is 17.0. The molecule has 0 aliphatic carbocycles. The summed E-state index contributed by atoms with van der Waals surface area (Å²) in [6.45, 7) is 0.673. The number of nitrogens with zero attached hydrogens (tertiary/aromatic N) is 3. The summed E-state index contributed by atoms with van der Waals surface area (Å²) in [7, 11) is 1.68. The lowest BCUT2D eigenvalue weighted by Gasteiger charge is -2.09. The van der Waals surface area contributed by atoms with Gasteiger partial charge in [0.25, 0.3) is 0 Å². The normalized spacial score (nSPS) is 10.7. The number of hydrogen-bond donors (Lipinski definition) is 0. The number of aromatic nitrogens is 3. The number of benzene rings is 3. The molecule has 0 radical (unpaired) electrons. The third-order valence-corrected chi connectivity index (χ3v) is 4.59. The van der Waals surface area contributed by atoms with Crippen molar-refractivity contribution >= 4 is 0 Å². The van der Waals surface area contributed by atoms with Gasteiger partial charge in [0.1, 0.15) is 11.4 Å². The minimum absolute atomic E-state index is 0.673. The summed E-state index contributed by atoms with van der Waals surface area (Å²) in [5.41, 5.74) is 5.54. The molecule has 4 rings (SSSR count). The van der Waals surface area contributed by atoms with Gasteiger partial charge >= 0.3 is 0 Å². The van der Waals surface area contributed by atoms with Gasteiger partial charge in [0.05, 0.1) is 19.3 Å². The van der Waals surface area contributed by atoms with Gasteiger partial charge in [0.2, 0.25) is 0 Å². The highest BCUT2D eigenvalue weighted by Gasteiger charge is 2.15. The average molecular weight is 355 g/mol. The smallest absolute Gasteiger partial charge is 0.118 e. The predicted molar refractivity (Wildman–Crippen MR) is 107 cm³/mol. The molecule has 0 fully saturated rings. The molecule has 1 heterocycles. The van der Waals surface area contributed by atoms with Crippen molar-refractivity contribution in [1.29, 1.82) is 0 Å². The molecule has 0 aliphatic heterocycles. The van der Waals surface area contributed by atoms with Crippen molar-refractivity contribution in [3.63, 3.8) is 0 Å². The van der Waals surface area contributed by atoms with Gasteiger partial charge in [-0.25, -0.2) is 4.68 Å². The number of methoxy groups -OCH3 is 1. The summed E-state index contributed by atoms with van der Waals surface area (Å²) in [5.74, 6) is 0.854. The molecular formula is C23H21N3O. The van der Waals surface area contributed by atoms with Crippen LogP contribution in [0.4, 0.5) is 0 Å². The molecule has 0 unspecified atom stereocenters. The van der Waals surface area contributed by atoms with Crippen molar-refractivity contribution in [1.82, 2.24) is 15.0 Å². The standard InChI is InChI=1S/C23H21N3O/c1-27-21-14-12-19(13-15-21)17-26-22(16-18-8-4-2-5-9-18)23(24-25-26)20-10-6-3-7-11-20/h2-15H,16-17H2,1H3. The lowest BCUT2D eigenvalue weighted by Crippen LogP contribution is -2.07. The maximum absolute atomic E-state index is 5.25. The Balaban J connectivity index is 1.70. The van der Waals surface area contributed by atoms with Crippen LogP contribution in [0.25, 0.3) is 11.3 Å². The van der Waals surface area contributed by atoms with Crippen LogP contribution < -0.4 is 4.74 Å². The third-order valence-electron chi connectivity index (χ3n) is 4.59. The monoisotopic (exact) mass is 355 g/mol. The molecule has 4 heteroatoms. The van der Waals surface area contributed by atoms with E-state index in [0.29, 0.717) is 6.54 Å². The summed E-state index contributed by atoms with van der Waals surface area (Å²) < 4.78 is 7.25. The second-order valence-electron chi connectivity index (χ2n) is 6.42. The van der Waals surface area contributed by atoms with E-state index < -0.39 is 0 Å². The molecule has 0 N–H and O–H groups in total. The Kier molecular flexibility index (Phi) is 4.97. The summed E-state index contributed by atoms with van der Waals surface area (Å²) in [6.07, 6.45) is 0.786. The Morgan fingerprint density at radius 3 is 2.11 bits per heavy atom. The van der Waals surface area contributed by atoms with Gasteiger partial charge in [0.15, 0.2) is 0 Å². The van der Waals surface area contributed by atoms with E-state index in [1.807, 2.05) is 41.1 Å². The molecule has 0 aliphatic rings. The van der Waals surface area contributed by atoms with Crippen molar-refractivity contribution < 1.29 is 4.74 Å². The number of hydrogen-bond acceptors (Lipinski definition) is 3. The van der Waals surface area contributed by atoms with Crippen molar-refractivity contribution in [2.24, 2.45) is 0 Å². The minimum Gasteiger partial charge on any atom is -0.497 e. The van der Waals surface area contributed by atoms with E-state index in [-0.39, 0.29) is 0 Å². The molecule has 134 valence electrons. The number of rotatable bonds is 6. The van der Waals surface area contributed by atoms with E-state index in [0.717, 1.165) is 34.7 Å². The zero-order valence-corrected chi connectivity index (χ0v) is 15.2. The summed E-state index contributed by atoms with van der Waals surface area (Å²) in [5, 5.41) is 8.96. The van der Waals surface area contributed by atoms with E-state index in [1.165, 1.54) is 5.56 Å². The zero-order chi connectivity index (χ0) is 18.5. The van der Waals surface area contributed by atoms with E-state index >= 15 is 0 Å². The minimum atomic E-state index is 0.673. The van der Waals surface area contributed by atoms with Crippen LogP contribution in [0.15, 0.2) is 84.9 Å². The first-order valence-electron chi connectivity index (χ1n) is 8.98. The zero-order valence-electron chi connectivity index (χ0n) is 15.2. The molecule has 3 aromatic carbocycles. The topological polar surface area (TPSA) is 39.9 Å². The van der Waals surface area contributed by atoms with Gasteiger partial charge in [-0.1, -0.05) is 78.0 Å². The van der Waals surface area contributed by atoms with E-state index in [4.69, 9.17) is 4.74 Å². The summed E-state index contributed by atoms with van der Waals surface area (Å²) in [4.78, 5) is 0. The molecule has 0 amide bonds. The molecule has 0 atom stereocenters. The van der Waals surface area contributed by atoms with Crippen molar-refractivity contribution in [3.8, 4) is 17.0 Å². The van der Waals surface area contributed by atoms with Crippen LogP contribution in [0, 0.1) is 0 Å².